The van der Waals surface area contributed by atoms with Gasteiger partial charge < -0.3 is 9.47 Å². The van der Waals surface area contributed by atoms with Gasteiger partial charge in [0.05, 0.1) is 13.2 Å². The highest BCUT2D eigenvalue weighted by Gasteiger charge is 2.51. The largest absolute Gasteiger partial charge is 0.459 e. The van der Waals surface area contributed by atoms with Crippen LogP contribution < -0.4 is 11.0 Å². The van der Waals surface area contributed by atoms with E-state index in [1.807, 2.05) is 60.7 Å². The molecule has 2 rings (SSSR count). The number of nitrogens with one attached hydrogen (secondary N) is 2. The molecule has 2 N–H and O–H groups in total. The lowest BCUT2D eigenvalue weighted by atomic mass is 9.78. The van der Waals surface area contributed by atoms with E-state index in [2.05, 4.69) is 11.0 Å². The minimum atomic E-state index is -1.94. The molecule has 10 nitrogen and oxygen atoms in total. The summed E-state index contributed by atoms with van der Waals surface area (Å²) in [5.41, 5.74) is 2.58. The molecule has 0 saturated carbocycles. The SMILES string of the molecule is CC(C)(C)OC(=O)C(CCC(=O)NOCc1ccccc1)(CCC(=O)NOCc1ccccc1)C(=O)OC(C)(C)C. The molecule has 41 heavy (non-hydrogen) atoms. The zero-order valence-corrected chi connectivity index (χ0v) is 24.8. The van der Waals surface area contributed by atoms with Crippen molar-refractivity contribution in [2.45, 2.75) is 91.6 Å². The normalized spacial score (nSPS) is 11.9. The van der Waals surface area contributed by atoms with Crippen LogP contribution in [0, 0.1) is 5.41 Å². The van der Waals surface area contributed by atoms with E-state index in [0.29, 0.717) is 0 Å². The summed E-state index contributed by atoms with van der Waals surface area (Å²) in [5.74, 6) is -2.85. The number of benzene rings is 2. The Kier molecular flexibility index (Phi) is 12.5. The second-order valence-corrected chi connectivity index (χ2v) is 11.7. The van der Waals surface area contributed by atoms with E-state index in [-0.39, 0.29) is 38.9 Å². The fraction of sp³-hybridized carbons (Fsp3) is 0.484. The molecule has 0 aliphatic rings. The van der Waals surface area contributed by atoms with Crippen LogP contribution in [-0.2, 0) is 51.5 Å². The van der Waals surface area contributed by atoms with Gasteiger partial charge in [0.15, 0.2) is 5.41 Å². The monoisotopic (exact) mass is 570 g/mol. The van der Waals surface area contributed by atoms with Gasteiger partial charge in [0, 0.05) is 12.8 Å². The third-order valence-electron chi connectivity index (χ3n) is 5.67. The predicted octanol–water partition coefficient (Wildman–Crippen LogP) is 4.71. The van der Waals surface area contributed by atoms with Crippen molar-refractivity contribution in [3.63, 3.8) is 0 Å². The molecule has 0 spiro atoms. The number of rotatable bonds is 14. The second kappa shape index (κ2) is 15.3. The van der Waals surface area contributed by atoms with Crippen molar-refractivity contribution in [3.8, 4) is 0 Å². The molecule has 10 heteroatoms. The maximum atomic E-state index is 13.6. The van der Waals surface area contributed by atoms with E-state index in [0.717, 1.165) is 11.1 Å². The number of ether oxygens (including phenoxy) is 2. The van der Waals surface area contributed by atoms with Gasteiger partial charge in [-0.1, -0.05) is 60.7 Å². The van der Waals surface area contributed by atoms with E-state index < -0.39 is 40.4 Å². The van der Waals surface area contributed by atoms with Crippen LogP contribution in [-0.4, -0.2) is 35.0 Å². The molecule has 2 aromatic rings. The Morgan fingerprint density at radius 1 is 0.585 bits per heavy atom. The highest BCUT2D eigenvalue weighted by Crippen LogP contribution is 2.36. The van der Waals surface area contributed by atoms with Gasteiger partial charge in [0.2, 0.25) is 11.8 Å². The molecule has 0 aliphatic heterocycles. The van der Waals surface area contributed by atoms with Gasteiger partial charge in [-0.05, 0) is 65.5 Å². The molecular formula is C31H42N2O8. The van der Waals surface area contributed by atoms with Crippen molar-refractivity contribution in [1.29, 1.82) is 0 Å². The maximum Gasteiger partial charge on any atom is 0.324 e. The molecule has 0 unspecified atom stereocenters. The Hall–Kier alpha value is -3.76. The third-order valence-corrected chi connectivity index (χ3v) is 5.67. The minimum absolute atomic E-state index is 0.138. The molecule has 0 fully saturated rings. The lowest BCUT2D eigenvalue weighted by molar-refractivity contribution is -0.187. The summed E-state index contributed by atoms with van der Waals surface area (Å²) in [5, 5.41) is 0. The van der Waals surface area contributed by atoms with Crippen molar-refractivity contribution in [1.82, 2.24) is 11.0 Å². The Morgan fingerprint density at radius 2 is 0.927 bits per heavy atom. The van der Waals surface area contributed by atoms with Crippen LogP contribution in [0.4, 0.5) is 0 Å². The molecule has 0 aromatic heterocycles. The molecule has 2 amide bonds. The van der Waals surface area contributed by atoms with Crippen molar-refractivity contribution < 1.29 is 38.3 Å². The second-order valence-electron chi connectivity index (χ2n) is 11.7. The van der Waals surface area contributed by atoms with Gasteiger partial charge in [0.25, 0.3) is 0 Å². The van der Waals surface area contributed by atoms with E-state index in [1.165, 1.54) is 0 Å². The summed E-state index contributed by atoms with van der Waals surface area (Å²) < 4.78 is 11.2. The van der Waals surface area contributed by atoms with E-state index in [9.17, 15) is 19.2 Å². The summed E-state index contributed by atoms with van der Waals surface area (Å²) in [4.78, 5) is 63.1. The van der Waals surface area contributed by atoms with Crippen LogP contribution in [0.2, 0.25) is 0 Å². The van der Waals surface area contributed by atoms with Crippen molar-refractivity contribution in [3.05, 3.63) is 71.8 Å². The number of carbonyl (C=O) groups excluding carboxylic acids is 4. The van der Waals surface area contributed by atoms with Crippen molar-refractivity contribution >= 4 is 23.8 Å². The predicted molar refractivity (Wildman–Crippen MR) is 151 cm³/mol. The number of carbonyl (C=O) groups is 4. The number of hydroxylamine groups is 2. The average Bonchev–Trinajstić information content (AvgIpc) is 2.88. The van der Waals surface area contributed by atoms with E-state index in [4.69, 9.17) is 19.1 Å². The van der Waals surface area contributed by atoms with Crippen molar-refractivity contribution in [2.75, 3.05) is 0 Å². The van der Waals surface area contributed by atoms with Crippen LogP contribution in [0.15, 0.2) is 60.7 Å². The van der Waals surface area contributed by atoms with Gasteiger partial charge in [-0.15, -0.1) is 0 Å². The highest BCUT2D eigenvalue weighted by molar-refractivity contribution is 6.01. The van der Waals surface area contributed by atoms with Gasteiger partial charge in [-0.3, -0.25) is 28.9 Å². The topological polar surface area (TPSA) is 129 Å². The standard InChI is InChI=1S/C31H42N2O8/c1-29(2,3)40-27(36)31(28(37)41-30(4,5)6,19-17-25(34)32-38-21-23-13-9-7-10-14-23)20-18-26(35)33-39-22-24-15-11-8-12-16-24/h7-16H,17-22H2,1-6H3,(H,32,34)(H,33,35). The molecule has 2 aromatic carbocycles. The average molecular weight is 571 g/mol. The summed E-state index contributed by atoms with van der Waals surface area (Å²) in [6, 6.07) is 18.5. The molecular weight excluding hydrogens is 528 g/mol. The van der Waals surface area contributed by atoms with E-state index >= 15 is 0 Å². The first-order chi connectivity index (χ1) is 19.2. The lowest BCUT2D eigenvalue weighted by Gasteiger charge is -2.34. The maximum absolute atomic E-state index is 13.6. The molecule has 0 aliphatic carbocycles. The van der Waals surface area contributed by atoms with Crippen LogP contribution in [0.3, 0.4) is 0 Å². The van der Waals surface area contributed by atoms with Crippen LogP contribution in [0.5, 0.6) is 0 Å². The van der Waals surface area contributed by atoms with Crippen LogP contribution in [0.1, 0.15) is 78.4 Å². The summed E-state index contributed by atoms with van der Waals surface area (Å²) >= 11 is 0. The number of esters is 2. The smallest absolute Gasteiger partial charge is 0.324 e. The van der Waals surface area contributed by atoms with Gasteiger partial charge in [-0.2, -0.15) is 0 Å². The number of hydrogen-bond acceptors (Lipinski definition) is 8. The lowest BCUT2D eigenvalue weighted by Crippen LogP contribution is -2.48. The van der Waals surface area contributed by atoms with Crippen molar-refractivity contribution in [2.24, 2.45) is 5.41 Å². The Labute approximate surface area is 242 Å². The third kappa shape index (κ3) is 12.5. The summed E-state index contributed by atoms with van der Waals surface area (Å²) in [7, 11) is 0. The highest BCUT2D eigenvalue weighted by atomic mass is 16.7. The first-order valence-corrected chi connectivity index (χ1v) is 13.6. The summed E-state index contributed by atoms with van der Waals surface area (Å²) in [6.07, 6.45) is -1.07. The Balaban J connectivity index is 2.16. The molecule has 0 atom stereocenters. The number of hydrogen-bond donors (Lipinski definition) is 2. The first-order valence-electron chi connectivity index (χ1n) is 13.6. The fourth-order valence-corrected chi connectivity index (χ4v) is 3.67. The molecule has 0 bridgehead atoms. The minimum Gasteiger partial charge on any atom is -0.459 e. The van der Waals surface area contributed by atoms with Gasteiger partial charge in [0.1, 0.15) is 11.2 Å². The molecule has 0 radical (unpaired) electrons. The first kappa shape index (κ1) is 33.4. The van der Waals surface area contributed by atoms with Gasteiger partial charge in [-0.25, -0.2) is 11.0 Å². The molecule has 0 saturated heterocycles. The molecule has 224 valence electrons. The Bertz CT molecular complexity index is 1050. The van der Waals surface area contributed by atoms with Gasteiger partial charge >= 0.3 is 11.9 Å². The van der Waals surface area contributed by atoms with E-state index in [1.54, 1.807) is 41.5 Å². The number of amides is 2. The summed E-state index contributed by atoms with van der Waals surface area (Å²) in [6.45, 7) is 10.3. The fourth-order valence-electron chi connectivity index (χ4n) is 3.67. The Morgan fingerprint density at radius 3 is 1.24 bits per heavy atom. The van der Waals surface area contributed by atoms with Crippen LogP contribution in [0.25, 0.3) is 0 Å². The van der Waals surface area contributed by atoms with Crippen LogP contribution >= 0.6 is 0 Å². The zero-order valence-electron chi connectivity index (χ0n) is 24.8. The zero-order chi connectivity index (χ0) is 30.5. The quantitative estimate of drug-likeness (QED) is 0.190. The molecule has 0 heterocycles.